The molecule has 2 rings (SSSR count). The lowest BCUT2D eigenvalue weighted by Gasteiger charge is -1.92. The number of hydrogen-bond acceptors (Lipinski definition) is 1. The van der Waals surface area contributed by atoms with E-state index in [-0.39, 0.29) is 0 Å². The zero-order valence-electron chi connectivity index (χ0n) is 8.20. The minimum absolute atomic E-state index is 0.322. The molecule has 0 fully saturated rings. The summed E-state index contributed by atoms with van der Waals surface area (Å²) in [4.78, 5) is 0. The summed E-state index contributed by atoms with van der Waals surface area (Å²) < 4.78 is 3.22. The van der Waals surface area contributed by atoms with Gasteiger partial charge in [-0.2, -0.15) is 0 Å². The number of hydrogen-bond donors (Lipinski definition) is 1. The van der Waals surface area contributed by atoms with Gasteiger partial charge in [-0.05, 0) is 30.3 Å². The maximum atomic E-state index is 8.63. The van der Waals surface area contributed by atoms with Gasteiger partial charge in [0.05, 0.1) is 0 Å². The summed E-state index contributed by atoms with van der Waals surface area (Å²) in [5.74, 6) is 0.322. The highest BCUT2D eigenvalue weighted by molar-refractivity contribution is 9.11. The third-order valence-electron chi connectivity index (χ3n) is 1.58. The van der Waals surface area contributed by atoms with Crippen molar-refractivity contribution in [1.29, 1.82) is 0 Å². The first-order valence-corrected chi connectivity index (χ1v) is 6.81. The molecule has 1 nitrogen and oxygen atoms in total. The molecule has 4 heteroatoms. The van der Waals surface area contributed by atoms with Gasteiger partial charge in [-0.3, -0.25) is 0 Å². The zero-order chi connectivity index (χ0) is 12.0. The minimum atomic E-state index is 0.322. The Balaban J connectivity index is 0.000000165. The predicted molar refractivity (Wildman–Crippen MR) is 77.6 cm³/mol. The highest BCUT2D eigenvalue weighted by Crippen LogP contribution is 2.23. The highest BCUT2D eigenvalue weighted by Gasteiger charge is 1.91. The number of rotatable bonds is 0. The summed E-state index contributed by atoms with van der Waals surface area (Å²) in [6, 6.07) is 14.7. The first-order valence-electron chi connectivity index (χ1n) is 4.43. The van der Waals surface area contributed by atoms with Crippen molar-refractivity contribution in [3.05, 3.63) is 61.9 Å². The quantitative estimate of drug-likeness (QED) is 0.621. The molecule has 0 saturated carbocycles. The van der Waals surface area contributed by atoms with E-state index in [1.165, 1.54) is 0 Å². The lowest BCUT2D eigenvalue weighted by molar-refractivity contribution is 0.475. The highest BCUT2D eigenvalue weighted by atomic mass is 79.9. The van der Waals surface area contributed by atoms with Crippen LogP contribution in [0.1, 0.15) is 0 Å². The van der Waals surface area contributed by atoms with Crippen molar-refractivity contribution >= 4 is 47.8 Å². The Labute approximate surface area is 120 Å². The average molecular weight is 409 g/mol. The molecule has 0 aromatic heterocycles. The van der Waals surface area contributed by atoms with Crippen LogP contribution in [-0.2, 0) is 0 Å². The number of aromatic hydroxyl groups is 1. The molecule has 0 aliphatic heterocycles. The van der Waals surface area contributed by atoms with E-state index in [0.29, 0.717) is 5.75 Å². The molecule has 0 saturated heterocycles. The van der Waals surface area contributed by atoms with Gasteiger partial charge >= 0.3 is 0 Å². The molecule has 0 radical (unpaired) electrons. The van der Waals surface area contributed by atoms with E-state index >= 15 is 0 Å². The fourth-order valence-electron chi connectivity index (χ4n) is 0.948. The minimum Gasteiger partial charge on any atom is -0.508 e. The maximum absolute atomic E-state index is 8.63. The van der Waals surface area contributed by atoms with E-state index in [0.717, 1.165) is 13.4 Å². The molecule has 0 aliphatic carbocycles. The lowest BCUT2D eigenvalue weighted by Crippen LogP contribution is -1.66. The summed E-state index contributed by atoms with van der Waals surface area (Å²) in [6.07, 6.45) is 0. The Morgan fingerprint density at radius 1 is 0.688 bits per heavy atom. The van der Waals surface area contributed by atoms with Crippen molar-refractivity contribution in [2.24, 2.45) is 0 Å². The van der Waals surface area contributed by atoms with Crippen LogP contribution in [0.5, 0.6) is 5.75 Å². The second kappa shape index (κ2) is 7.09. The Bertz CT molecular complexity index is 393. The second-order valence-corrected chi connectivity index (χ2v) is 5.67. The van der Waals surface area contributed by atoms with Gasteiger partial charge in [0, 0.05) is 13.4 Å². The van der Waals surface area contributed by atoms with Crippen molar-refractivity contribution in [1.82, 2.24) is 0 Å². The average Bonchev–Trinajstić information content (AvgIpc) is 2.17. The largest absolute Gasteiger partial charge is 0.508 e. The number of halogens is 3. The third-order valence-corrected chi connectivity index (χ3v) is 2.96. The number of phenols is 1. The molecular formula is C12H9Br3O. The third kappa shape index (κ3) is 5.68. The molecule has 2 aromatic carbocycles. The van der Waals surface area contributed by atoms with E-state index in [9.17, 15) is 0 Å². The van der Waals surface area contributed by atoms with E-state index < -0.39 is 0 Å². The number of phenolic OH excluding ortho intramolecular Hbond substituents is 1. The molecule has 0 atom stereocenters. The summed E-state index contributed by atoms with van der Waals surface area (Å²) in [6.45, 7) is 0. The van der Waals surface area contributed by atoms with Gasteiger partial charge in [0.1, 0.15) is 5.75 Å². The fourth-order valence-corrected chi connectivity index (χ4v) is 3.35. The van der Waals surface area contributed by atoms with Crippen LogP contribution in [0.3, 0.4) is 0 Å². The van der Waals surface area contributed by atoms with Gasteiger partial charge in [0.25, 0.3) is 0 Å². The van der Waals surface area contributed by atoms with Gasteiger partial charge < -0.3 is 5.11 Å². The molecule has 0 aliphatic rings. The van der Waals surface area contributed by atoms with Crippen LogP contribution in [-0.4, -0.2) is 5.11 Å². The van der Waals surface area contributed by atoms with E-state index in [2.05, 4.69) is 47.8 Å². The molecule has 0 amide bonds. The van der Waals surface area contributed by atoms with Gasteiger partial charge in [0.15, 0.2) is 0 Å². The topological polar surface area (TPSA) is 20.2 Å². The van der Waals surface area contributed by atoms with Crippen molar-refractivity contribution in [2.45, 2.75) is 0 Å². The first-order chi connectivity index (χ1) is 7.58. The molecule has 2 aromatic rings. The van der Waals surface area contributed by atoms with E-state index in [4.69, 9.17) is 5.11 Å². The Morgan fingerprint density at radius 2 is 1.06 bits per heavy atom. The van der Waals surface area contributed by atoms with Crippen LogP contribution >= 0.6 is 47.8 Å². The molecular weight excluding hydrogens is 400 g/mol. The van der Waals surface area contributed by atoms with Crippen molar-refractivity contribution in [3.63, 3.8) is 0 Å². The van der Waals surface area contributed by atoms with Crippen LogP contribution in [0.15, 0.2) is 61.9 Å². The van der Waals surface area contributed by atoms with Crippen molar-refractivity contribution in [3.8, 4) is 5.75 Å². The summed E-state index contributed by atoms with van der Waals surface area (Å²) in [5, 5.41) is 8.63. The van der Waals surface area contributed by atoms with Crippen LogP contribution < -0.4 is 0 Å². The Kier molecular flexibility index (Phi) is 6.09. The smallest absolute Gasteiger partial charge is 0.115 e. The first kappa shape index (κ1) is 13.7. The van der Waals surface area contributed by atoms with Crippen LogP contribution in [0.2, 0.25) is 0 Å². The number of benzene rings is 2. The van der Waals surface area contributed by atoms with Crippen LogP contribution in [0, 0.1) is 0 Å². The molecule has 0 unspecified atom stereocenters. The monoisotopic (exact) mass is 406 g/mol. The fraction of sp³-hybridized carbons (Fsp3) is 0. The SMILES string of the molecule is Brc1cc(Br)cc(Br)c1.Oc1ccccc1. The normalized spacial score (nSPS) is 9.19. The van der Waals surface area contributed by atoms with E-state index in [1.54, 1.807) is 24.3 Å². The second-order valence-electron chi connectivity index (χ2n) is 2.92. The van der Waals surface area contributed by atoms with E-state index in [1.807, 2.05) is 24.3 Å². The molecule has 0 spiro atoms. The summed E-state index contributed by atoms with van der Waals surface area (Å²) >= 11 is 10.1. The molecule has 84 valence electrons. The standard InChI is InChI=1S/C6H3Br3.C6H6O/c7-4-1-5(8)3-6(9)2-4;7-6-4-2-1-3-5-6/h1-3H;1-5,7H. The predicted octanol–water partition coefficient (Wildman–Crippen LogP) is 5.37. The summed E-state index contributed by atoms with van der Waals surface area (Å²) in [5.41, 5.74) is 0. The molecule has 1 N–H and O–H groups in total. The van der Waals surface area contributed by atoms with Gasteiger partial charge in [0.2, 0.25) is 0 Å². The Hall–Kier alpha value is -0.320. The molecule has 0 heterocycles. The van der Waals surface area contributed by atoms with Gasteiger partial charge in [-0.1, -0.05) is 66.0 Å². The molecule has 0 bridgehead atoms. The zero-order valence-corrected chi connectivity index (χ0v) is 13.0. The van der Waals surface area contributed by atoms with Crippen LogP contribution in [0.25, 0.3) is 0 Å². The summed E-state index contributed by atoms with van der Waals surface area (Å²) in [7, 11) is 0. The van der Waals surface area contributed by atoms with Gasteiger partial charge in [-0.25, -0.2) is 0 Å². The van der Waals surface area contributed by atoms with Crippen molar-refractivity contribution < 1.29 is 5.11 Å². The van der Waals surface area contributed by atoms with Crippen molar-refractivity contribution in [2.75, 3.05) is 0 Å². The maximum Gasteiger partial charge on any atom is 0.115 e. The van der Waals surface area contributed by atoms with Gasteiger partial charge in [-0.15, -0.1) is 0 Å². The molecule has 16 heavy (non-hydrogen) atoms. The van der Waals surface area contributed by atoms with Crippen LogP contribution in [0.4, 0.5) is 0 Å². The number of para-hydroxylation sites is 1. The lowest BCUT2D eigenvalue weighted by atomic mass is 10.3. The Morgan fingerprint density at radius 3 is 1.31 bits per heavy atom.